The molecule has 0 saturated carbocycles. The summed E-state index contributed by atoms with van der Waals surface area (Å²) < 4.78 is 17.0. The minimum Gasteiger partial charge on any atom is -0.493 e. The Bertz CT molecular complexity index is 1150. The molecule has 1 aliphatic rings. The van der Waals surface area contributed by atoms with Crippen molar-refractivity contribution in [3.63, 3.8) is 0 Å². The van der Waals surface area contributed by atoms with Crippen molar-refractivity contribution < 1.29 is 18.7 Å². The second-order valence-corrected chi connectivity index (χ2v) is 7.19. The molecule has 0 aliphatic carbocycles. The number of nitrogens with one attached hydrogen (secondary N) is 1. The van der Waals surface area contributed by atoms with E-state index in [0.29, 0.717) is 34.6 Å². The number of unbranched alkanes of at least 4 members (excludes halogenated alkanes) is 1. The van der Waals surface area contributed by atoms with Crippen molar-refractivity contribution in [1.82, 2.24) is 5.32 Å². The molecule has 6 heteroatoms. The van der Waals surface area contributed by atoms with Crippen LogP contribution in [0.5, 0.6) is 11.5 Å². The number of benzene rings is 2. The van der Waals surface area contributed by atoms with Crippen LogP contribution in [0.25, 0.3) is 11.0 Å². The van der Waals surface area contributed by atoms with E-state index in [1.165, 1.54) is 0 Å². The van der Waals surface area contributed by atoms with Gasteiger partial charge in [0, 0.05) is 0 Å². The van der Waals surface area contributed by atoms with Crippen LogP contribution in [0.4, 0.5) is 0 Å². The van der Waals surface area contributed by atoms with E-state index in [1.54, 1.807) is 31.4 Å². The van der Waals surface area contributed by atoms with E-state index in [4.69, 9.17) is 13.9 Å². The third kappa shape index (κ3) is 3.35. The molecular formula is C23H23NO5. The number of hydrogen-bond acceptors (Lipinski definition) is 5. The van der Waals surface area contributed by atoms with Gasteiger partial charge in [0.1, 0.15) is 5.58 Å². The highest BCUT2D eigenvalue weighted by atomic mass is 16.5. The van der Waals surface area contributed by atoms with Gasteiger partial charge in [-0.05, 0) is 43.2 Å². The lowest BCUT2D eigenvalue weighted by Gasteiger charge is -2.16. The molecule has 2 heterocycles. The SMILES string of the molecule is CCCCOc1ccc(C2NC(=O)c3oc4ccc(C)cc4c(=O)c32)cc1OC. The van der Waals surface area contributed by atoms with Gasteiger partial charge in [-0.3, -0.25) is 9.59 Å². The molecule has 1 aromatic heterocycles. The van der Waals surface area contributed by atoms with Gasteiger partial charge in [-0.25, -0.2) is 0 Å². The molecule has 0 spiro atoms. The largest absolute Gasteiger partial charge is 0.493 e. The van der Waals surface area contributed by atoms with Crippen molar-refractivity contribution in [2.45, 2.75) is 32.7 Å². The zero-order valence-electron chi connectivity index (χ0n) is 16.7. The summed E-state index contributed by atoms with van der Waals surface area (Å²) in [5.41, 5.74) is 2.22. The first-order chi connectivity index (χ1) is 14.0. The number of methoxy groups -OCH3 is 1. The van der Waals surface area contributed by atoms with Crippen molar-refractivity contribution in [2.75, 3.05) is 13.7 Å². The summed E-state index contributed by atoms with van der Waals surface area (Å²) in [6.07, 6.45) is 1.99. The molecule has 0 fully saturated rings. The van der Waals surface area contributed by atoms with Crippen LogP contribution in [0.1, 0.15) is 53.1 Å². The summed E-state index contributed by atoms with van der Waals surface area (Å²) in [5.74, 6) is 0.864. The first-order valence-corrected chi connectivity index (χ1v) is 9.72. The monoisotopic (exact) mass is 393 g/mol. The number of ether oxygens (including phenoxy) is 2. The predicted molar refractivity (Wildman–Crippen MR) is 110 cm³/mol. The van der Waals surface area contributed by atoms with Crippen LogP contribution >= 0.6 is 0 Å². The Morgan fingerprint density at radius 2 is 1.93 bits per heavy atom. The van der Waals surface area contributed by atoms with Gasteiger partial charge in [-0.15, -0.1) is 0 Å². The van der Waals surface area contributed by atoms with Gasteiger partial charge in [0.15, 0.2) is 16.9 Å². The number of carbonyl (C=O) groups excluding carboxylic acids is 1. The van der Waals surface area contributed by atoms with Crippen molar-refractivity contribution in [1.29, 1.82) is 0 Å². The summed E-state index contributed by atoms with van der Waals surface area (Å²) in [7, 11) is 1.57. The van der Waals surface area contributed by atoms with Gasteiger partial charge in [-0.2, -0.15) is 0 Å². The standard InChI is InChI=1S/C23H23NO5/c1-4-5-10-28-17-9-7-14(12-18(17)27-3)20-19-21(25)15-11-13(2)6-8-16(15)29-22(19)23(26)24-20/h6-9,11-12,20H,4-5,10H2,1-3H3,(H,24,26). The van der Waals surface area contributed by atoms with Crippen molar-refractivity contribution >= 4 is 16.9 Å². The van der Waals surface area contributed by atoms with Crippen LogP contribution in [-0.2, 0) is 0 Å². The predicted octanol–water partition coefficient (Wildman–Crippen LogP) is 4.12. The first kappa shape index (κ1) is 19.1. The van der Waals surface area contributed by atoms with Gasteiger partial charge >= 0.3 is 0 Å². The molecule has 0 saturated heterocycles. The number of carbonyl (C=O) groups is 1. The van der Waals surface area contributed by atoms with Crippen molar-refractivity contribution in [2.24, 2.45) is 0 Å². The van der Waals surface area contributed by atoms with Gasteiger partial charge < -0.3 is 19.2 Å². The third-order valence-corrected chi connectivity index (χ3v) is 5.13. The molecule has 3 aromatic rings. The summed E-state index contributed by atoms with van der Waals surface area (Å²) >= 11 is 0. The van der Waals surface area contributed by atoms with E-state index in [-0.39, 0.29) is 11.2 Å². The molecule has 29 heavy (non-hydrogen) atoms. The molecule has 1 N–H and O–H groups in total. The molecule has 0 bridgehead atoms. The summed E-state index contributed by atoms with van der Waals surface area (Å²) in [6, 6.07) is 10.2. The fourth-order valence-corrected chi connectivity index (χ4v) is 3.58. The molecular weight excluding hydrogens is 370 g/mol. The van der Waals surface area contributed by atoms with E-state index in [0.717, 1.165) is 24.0 Å². The first-order valence-electron chi connectivity index (χ1n) is 9.72. The van der Waals surface area contributed by atoms with Gasteiger partial charge in [-0.1, -0.05) is 31.0 Å². The average molecular weight is 393 g/mol. The fraction of sp³-hybridized carbons (Fsp3) is 0.304. The maximum atomic E-state index is 13.2. The smallest absolute Gasteiger partial charge is 0.288 e. The van der Waals surface area contributed by atoms with E-state index < -0.39 is 11.9 Å². The highest BCUT2D eigenvalue weighted by Crippen LogP contribution is 2.36. The fourth-order valence-electron chi connectivity index (χ4n) is 3.58. The number of aryl methyl sites for hydroxylation is 1. The van der Waals surface area contributed by atoms with Crippen LogP contribution in [0, 0.1) is 6.92 Å². The minimum atomic E-state index is -0.600. The lowest BCUT2D eigenvalue weighted by atomic mass is 9.98. The summed E-state index contributed by atoms with van der Waals surface area (Å²) in [5, 5.41) is 3.33. The molecule has 1 aliphatic heterocycles. The Morgan fingerprint density at radius 1 is 1.10 bits per heavy atom. The molecule has 1 atom stereocenters. The maximum absolute atomic E-state index is 13.2. The Balaban J connectivity index is 1.79. The molecule has 4 rings (SSSR count). The quantitative estimate of drug-likeness (QED) is 0.638. The van der Waals surface area contributed by atoms with Gasteiger partial charge in [0.05, 0.1) is 30.7 Å². The number of amides is 1. The normalized spacial score (nSPS) is 15.3. The van der Waals surface area contributed by atoms with E-state index >= 15 is 0 Å². The number of hydrogen-bond donors (Lipinski definition) is 1. The Labute approximate surface area is 168 Å². The highest BCUT2D eigenvalue weighted by Gasteiger charge is 2.36. The third-order valence-electron chi connectivity index (χ3n) is 5.13. The van der Waals surface area contributed by atoms with Gasteiger partial charge in [0.2, 0.25) is 5.76 Å². The van der Waals surface area contributed by atoms with Gasteiger partial charge in [0.25, 0.3) is 5.91 Å². The minimum absolute atomic E-state index is 0.0681. The van der Waals surface area contributed by atoms with E-state index in [9.17, 15) is 9.59 Å². The van der Waals surface area contributed by atoms with Crippen LogP contribution in [0.2, 0.25) is 0 Å². The van der Waals surface area contributed by atoms with Crippen molar-refractivity contribution in [3.8, 4) is 11.5 Å². The zero-order valence-corrected chi connectivity index (χ0v) is 16.7. The highest BCUT2D eigenvalue weighted by molar-refractivity contribution is 5.99. The summed E-state index contributed by atoms with van der Waals surface area (Å²) in [6.45, 7) is 4.61. The molecule has 150 valence electrons. The van der Waals surface area contributed by atoms with Crippen LogP contribution < -0.4 is 20.2 Å². The zero-order chi connectivity index (χ0) is 20.5. The second kappa shape index (κ2) is 7.62. The summed E-state index contributed by atoms with van der Waals surface area (Å²) in [4.78, 5) is 25.7. The maximum Gasteiger partial charge on any atom is 0.288 e. The number of fused-ring (bicyclic) bond motifs is 2. The lowest BCUT2D eigenvalue weighted by molar-refractivity contribution is 0.0938. The molecule has 0 radical (unpaired) electrons. The second-order valence-electron chi connectivity index (χ2n) is 7.19. The Hall–Kier alpha value is -3.28. The Kier molecular flexibility index (Phi) is 5.01. The molecule has 1 unspecified atom stereocenters. The van der Waals surface area contributed by atoms with E-state index in [1.807, 2.05) is 19.1 Å². The number of rotatable bonds is 6. The van der Waals surface area contributed by atoms with Crippen LogP contribution in [-0.4, -0.2) is 19.6 Å². The topological polar surface area (TPSA) is 77.8 Å². The average Bonchev–Trinajstić information content (AvgIpc) is 3.06. The molecule has 2 aromatic carbocycles. The van der Waals surface area contributed by atoms with Crippen LogP contribution in [0.15, 0.2) is 45.6 Å². The molecule has 1 amide bonds. The Morgan fingerprint density at radius 3 is 2.69 bits per heavy atom. The van der Waals surface area contributed by atoms with E-state index in [2.05, 4.69) is 12.2 Å². The molecule has 6 nitrogen and oxygen atoms in total. The lowest BCUT2D eigenvalue weighted by Crippen LogP contribution is -2.22. The van der Waals surface area contributed by atoms with Crippen LogP contribution in [0.3, 0.4) is 0 Å². The van der Waals surface area contributed by atoms with Crippen molar-refractivity contribution in [3.05, 3.63) is 69.1 Å².